The van der Waals surface area contributed by atoms with E-state index in [0.717, 1.165) is 114 Å². The van der Waals surface area contributed by atoms with E-state index in [1.807, 2.05) is 0 Å². The van der Waals surface area contributed by atoms with Gasteiger partial charge >= 0.3 is 39.5 Å². The Kier molecular flexibility index (Phi) is 59.6. The lowest BCUT2D eigenvalue weighted by Gasteiger charge is -2.21. The molecule has 0 fully saturated rings. The van der Waals surface area contributed by atoms with Crippen LogP contribution in [0.25, 0.3) is 0 Å². The second-order valence-corrected chi connectivity index (χ2v) is 29.1. The van der Waals surface area contributed by atoms with Gasteiger partial charge in [-0.15, -0.1) is 0 Å². The Bertz CT molecular complexity index is 1750. The van der Waals surface area contributed by atoms with Gasteiger partial charge in [-0.05, 0) is 43.4 Å². The summed E-state index contributed by atoms with van der Waals surface area (Å²) in [5, 5.41) is 10.6. The lowest BCUT2D eigenvalue weighted by Crippen LogP contribution is -2.30. The van der Waals surface area contributed by atoms with Crippen LogP contribution < -0.4 is 0 Å². The highest BCUT2D eigenvalue weighted by atomic mass is 31.2. The number of hydrogen-bond acceptors (Lipinski definition) is 15. The van der Waals surface area contributed by atoms with Crippen LogP contribution in [-0.4, -0.2) is 96.7 Å². The quantitative estimate of drug-likeness (QED) is 0.0222. The second kappa shape index (κ2) is 61.0. The Morgan fingerprint density at radius 3 is 0.854 bits per heavy atom. The molecule has 7 atom stereocenters. The molecule has 0 spiro atoms. The first-order chi connectivity index (χ1) is 42.8. The molecule has 19 heteroatoms. The number of aliphatic hydroxyl groups is 1. The maximum Gasteiger partial charge on any atom is 0.472 e. The first-order valence-electron chi connectivity index (χ1n) is 36.4. The molecular weight excluding hydrogens is 1170 g/mol. The van der Waals surface area contributed by atoms with Gasteiger partial charge in [0.2, 0.25) is 0 Å². The molecule has 17 nitrogen and oxygen atoms in total. The minimum absolute atomic E-state index is 0.104. The number of ether oxygens (including phenoxy) is 4. The van der Waals surface area contributed by atoms with Crippen molar-refractivity contribution >= 4 is 39.5 Å². The summed E-state index contributed by atoms with van der Waals surface area (Å²) in [5.74, 6) is 0.249. The summed E-state index contributed by atoms with van der Waals surface area (Å²) in [4.78, 5) is 72.3. The van der Waals surface area contributed by atoms with Crippen LogP contribution in [0.5, 0.6) is 0 Å². The van der Waals surface area contributed by atoms with Gasteiger partial charge in [-0.2, -0.15) is 0 Å². The minimum atomic E-state index is -4.95. The summed E-state index contributed by atoms with van der Waals surface area (Å²) >= 11 is 0. The third-order valence-electron chi connectivity index (χ3n) is 16.9. The van der Waals surface area contributed by atoms with Crippen LogP contribution >= 0.6 is 15.6 Å². The molecule has 0 aliphatic rings. The molecule has 0 aliphatic carbocycles. The van der Waals surface area contributed by atoms with Crippen LogP contribution in [0, 0.1) is 17.8 Å². The summed E-state index contributed by atoms with van der Waals surface area (Å²) in [6.07, 6.45) is 44.7. The van der Waals surface area contributed by atoms with Crippen LogP contribution in [-0.2, 0) is 65.4 Å². The van der Waals surface area contributed by atoms with Crippen molar-refractivity contribution in [1.82, 2.24) is 0 Å². The Morgan fingerprint density at radius 2 is 0.573 bits per heavy atom. The SMILES string of the molecule is CCCCCCCC(=O)OC[C@H](COP(=O)(O)OC[C@H](O)COP(=O)(O)OC[C@@H](COC(=O)CCCCCCCCCCCCCC(C)C)OC(=O)CCCCCCCCCCCCCCCCC(C)CC)OC(=O)CCCCCCCCCCC(C)CC. The zero-order chi connectivity index (χ0) is 65.9. The number of esters is 4. The van der Waals surface area contributed by atoms with E-state index in [9.17, 15) is 43.2 Å². The number of phosphoric acid groups is 2. The van der Waals surface area contributed by atoms with Gasteiger partial charge in [0.05, 0.1) is 26.4 Å². The smallest absolute Gasteiger partial charge is 0.462 e. The van der Waals surface area contributed by atoms with E-state index in [2.05, 4.69) is 48.5 Å². The molecule has 0 aliphatic heterocycles. The molecule has 0 rings (SSSR count). The highest BCUT2D eigenvalue weighted by Gasteiger charge is 2.30. The molecule has 0 amide bonds. The van der Waals surface area contributed by atoms with Crippen LogP contribution in [0.4, 0.5) is 0 Å². The minimum Gasteiger partial charge on any atom is -0.462 e. The van der Waals surface area contributed by atoms with Crippen molar-refractivity contribution in [1.29, 1.82) is 0 Å². The molecule has 0 bridgehead atoms. The van der Waals surface area contributed by atoms with E-state index in [1.165, 1.54) is 154 Å². The van der Waals surface area contributed by atoms with E-state index in [0.29, 0.717) is 25.7 Å². The first kappa shape index (κ1) is 87.1. The number of carbonyl (C=O) groups is 4. The molecule has 0 aromatic carbocycles. The van der Waals surface area contributed by atoms with Crippen molar-refractivity contribution < 1.29 is 80.2 Å². The zero-order valence-electron chi connectivity index (χ0n) is 57.9. The van der Waals surface area contributed by atoms with Crippen LogP contribution in [0.3, 0.4) is 0 Å². The van der Waals surface area contributed by atoms with Gasteiger partial charge in [0.1, 0.15) is 19.3 Å². The van der Waals surface area contributed by atoms with Crippen LogP contribution in [0.1, 0.15) is 350 Å². The molecule has 0 aromatic heterocycles. The predicted molar refractivity (Wildman–Crippen MR) is 358 cm³/mol. The van der Waals surface area contributed by atoms with Crippen molar-refractivity contribution in [3.05, 3.63) is 0 Å². The third-order valence-corrected chi connectivity index (χ3v) is 18.8. The van der Waals surface area contributed by atoms with E-state index < -0.39 is 97.5 Å². The van der Waals surface area contributed by atoms with E-state index >= 15 is 0 Å². The van der Waals surface area contributed by atoms with Crippen molar-refractivity contribution in [3.63, 3.8) is 0 Å². The fourth-order valence-corrected chi connectivity index (χ4v) is 12.1. The third kappa shape index (κ3) is 62.0. The summed E-state index contributed by atoms with van der Waals surface area (Å²) < 4.78 is 68.1. The highest BCUT2D eigenvalue weighted by Crippen LogP contribution is 2.45. The van der Waals surface area contributed by atoms with Gasteiger partial charge in [0.15, 0.2) is 12.2 Å². The van der Waals surface area contributed by atoms with E-state index in [4.69, 9.17) is 37.0 Å². The van der Waals surface area contributed by atoms with Gasteiger partial charge in [-0.25, -0.2) is 9.13 Å². The Labute approximate surface area is 543 Å². The molecular formula is C70H136O17P2. The van der Waals surface area contributed by atoms with Crippen molar-refractivity contribution in [2.75, 3.05) is 39.6 Å². The Morgan fingerprint density at radius 1 is 0.326 bits per heavy atom. The highest BCUT2D eigenvalue weighted by molar-refractivity contribution is 7.47. The van der Waals surface area contributed by atoms with Gasteiger partial charge in [0, 0.05) is 25.7 Å². The number of carbonyl (C=O) groups excluding carboxylic acids is 4. The lowest BCUT2D eigenvalue weighted by molar-refractivity contribution is -0.161. The fourth-order valence-electron chi connectivity index (χ4n) is 10.5. The molecule has 0 saturated heterocycles. The average molecular weight is 1310 g/mol. The normalized spacial score (nSPS) is 14.8. The number of phosphoric ester groups is 2. The molecule has 0 aromatic rings. The zero-order valence-corrected chi connectivity index (χ0v) is 59.7. The summed E-state index contributed by atoms with van der Waals surface area (Å²) in [7, 11) is -9.89. The molecule has 3 N–H and O–H groups in total. The van der Waals surface area contributed by atoms with Gasteiger partial charge in [-0.3, -0.25) is 37.3 Å². The van der Waals surface area contributed by atoms with Crippen molar-refractivity contribution in [2.24, 2.45) is 17.8 Å². The standard InChI is InChI=1S/C70H136O17P2/c1-8-11-12-34-44-51-67(72)80-57-65(86-70(75)54-47-40-33-27-26-30-37-43-50-63(7)10-3)59-84-88(76,77)82-55-64(71)56-83-89(78,79)85-60-66(58-81-68(73)52-45-38-31-24-21-17-18-22-28-35-41-48-61(4)5)87-69(74)53-46-39-32-25-20-16-14-13-15-19-23-29-36-42-49-62(6)9-2/h61-66,71H,8-60H2,1-7H3,(H,76,77)(H,78,79)/t62?,63?,64-,65+,66+/m0/s1. The maximum atomic E-state index is 13.0. The van der Waals surface area contributed by atoms with E-state index in [-0.39, 0.29) is 25.7 Å². The first-order valence-corrected chi connectivity index (χ1v) is 39.4. The predicted octanol–water partition coefficient (Wildman–Crippen LogP) is 19.8. The van der Waals surface area contributed by atoms with E-state index in [1.54, 1.807) is 0 Å². The van der Waals surface area contributed by atoms with Gasteiger partial charge < -0.3 is 33.8 Å². The summed E-state index contributed by atoms with van der Waals surface area (Å²) in [6.45, 7) is 11.8. The van der Waals surface area contributed by atoms with Crippen LogP contribution in [0.2, 0.25) is 0 Å². The van der Waals surface area contributed by atoms with Crippen molar-refractivity contribution in [2.45, 2.75) is 369 Å². The largest absolute Gasteiger partial charge is 0.472 e. The average Bonchev–Trinajstić information content (AvgIpc) is 3.72. The molecule has 89 heavy (non-hydrogen) atoms. The molecule has 0 radical (unpaired) electrons. The summed E-state index contributed by atoms with van der Waals surface area (Å²) in [6, 6.07) is 0. The Hall–Kier alpha value is -1.94. The summed E-state index contributed by atoms with van der Waals surface area (Å²) in [5.41, 5.74) is 0. The Balaban J connectivity index is 5.17. The fraction of sp³-hybridized carbons (Fsp3) is 0.943. The number of aliphatic hydroxyl groups excluding tert-OH is 1. The monoisotopic (exact) mass is 1310 g/mol. The maximum absolute atomic E-state index is 13.0. The van der Waals surface area contributed by atoms with Gasteiger partial charge in [-0.1, -0.05) is 299 Å². The molecule has 528 valence electrons. The number of unbranched alkanes of at least 4 members (excludes halogenated alkanes) is 34. The number of hydrogen-bond donors (Lipinski definition) is 3. The molecule has 4 unspecified atom stereocenters. The van der Waals surface area contributed by atoms with Crippen molar-refractivity contribution in [3.8, 4) is 0 Å². The molecule has 0 heterocycles. The van der Waals surface area contributed by atoms with Crippen LogP contribution in [0.15, 0.2) is 0 Å². The number of rotatable bonds is 68. The lowest BCUT2D eigenvalue weighted by atomic mass is 9.99. The molecule has 0 saturated carbocycles. The second-order valence-electron chi connectivity index (χ2n) is 26.2. The van der Waals surface area contributed by atoms with Gasteiger partial charge in [0.25, 0.3) is 0 Å². The topological polar surface area (TPSA) is 237 Å².